The van der Waals surface area contributed by atoms with Crippen molar-refractivity contribution in [2.75, 3.05) is 37.7 Å². The minimum Gasteiger partial charge on any atom is -0.484 e. The summed E-state index contributed by atoms with van der Waals surface area (Å²) in [5.41, 5.74) is 19.1. The first-order valence-corrected chi connectivity index (χ1v) is 19.1. The smallest absolute Gasteiger partial charge is 0.260 e. The Balaban J connectivity index is 0.937. The largest absolute Gasteiger partial charge is 0.484 e. The molecule has 3 aliphatic rings. The molecule has 2 fully saturated rings. The van der Waals surface area contributed by atoms with E-state index in [1.54, 1.807) is 0 Å². The number of ether oxygens (including phenoxy) is 1. The third kappa shape index (κ3) is 6.62. The molecule has 0 unspecified atom stereocenters. The van der Waals surface area contributed by atoms with Gasteiger partial charge in [-0.25, -0.2) is 15.0 Å². The number of carbonyl (C=O) groups excluding carboxylic acids is 1. The van der Waals surface area contributed by atoms with Gasteiger partial charge in [0.25, 0.3) is 5.91 Å². The van der Waals surface area contributed by atoms with Gasteiger partial charge >= 0.3 is 0 Å². The molecule has 2 saturated heterocycles. The van der Waals surface area contributed by atoms with E-state index in [1.807, 2.05) is 58.9 Å². The second-order valence-corrected chi connectivity index (χ2v) is 15.6. The normalized spacial score (nSPS) is 18.7. The summed E-state index contributed by atoms with van der Waals surface area (Å²) in [6.45, 7) is 4.69. The zero-order valence-electron chi connectivity index (χ0n) is 29.2. The molecule has 11 nitrogen and oxygen atoms in total. The summed E-state index contributed by atoms with van der Waals surface area (Å²) in [6.07, 6.45) is 8.43. The standard InChI is InChI=1S/C39H43ClN8O3S/c1-24-38(45-31(22-49)36(43-24)47-18-13-39(14-19-47)20-26-4-2-3-5-29(26)35(39)42)52-32-12-17-48-21-30(44-37(48)34(32)40)25-6-8-28(9-7-25)51-23-33(50)46-15-10-27(41)11-16-46/h2-9,12,17,21,27,35,49H,10-11,13-16,18-20,22-23,41-42H2,1H3/t35-/m1/s1. The van der Waals surface area contributed by atoms with E-state index in [0.29, 0.717) is 40.2 Å². The minimum atomic E-state index is -0.215. The van der Waals surface area contributed by atoms with Crippen LogP contribution in [-0.4, -0.2) is 74.1 Å². The fraction of sp³-hybridized carbons (Fsp3) is 0.385. The summed E-state index contributed by atoms with van der Waals surface area (Å²) in [5.74, 6) is 1.32. The number of nitrogens with two attached hydrogens (primary N) is 2. The van der Waals surface area contributed by atoms with Gasteiger partial charge < -0.3 is 35.5 Å². The quantitative estimate of drug-likeness (QED) is 0.185. The number of aliphatic hydroxyl groups is 1. The molecule has 1 amide bonds. The van der Waals surface area contributed by atoms with Crippen molar-refractivity contribution < 1.29 is 14.6 Å². The predicted octanol–water partition coefficient (Wildman–Crippen LogP) is 5.57. The molecule has 5 N–H and O–H groups in total. The minimum absolute atomic E-state index is 0.00487. The summed E-state index contributed by atoms with van der Waals surface area (Å²) in [4.78, 5) is 32.1. The topological polar surface area (TPSA) is 148 Å². The highest BCUT2D eigenvalue weighted by atomic mass is 35.5. The third-order valence-corrected chi connectivity index (χ3v) is 12.6. The van der Waals surface area contributed by atoms with Crippen LogP contribution >= 0.6 is 23.4 Å². The number of piperidine rings is 2. The van der Waals surface area contributed by atoms with Crippen LogP contribution in [0, 0.1) is 12.3 Å². The van der Waals surface area contributed by atoms with Gasteiger partial charge in [-0.1, -0.05) is 47.6 Å². The number of carbonyl (C=O) groups is 1. The number of anilines is 1. The molecule has 52 heavy (non-hydrogen) atoms. The molecule has 3 aromatic heterocycles. The number of amides is 1. The van der Waals surface area contributed by atoms with Gasteiger partial charge in [-0.3, -0.25) is 4.79 Å². The first-order valence-electron chi connectivity index (χ1n) is 17.9. The van der Waals surface area contributed by atoms with Crippen molar-refractivity contribution in [1.82, 2.24) is 24.3 Å². The molecule has 0 bridgehead atoms. The number of halogens is 1. The molecule has 1 atom stereocenters. The Kier molecular flexibility index (Phi) is 9.60. The highest BCUT2D eigenvalue weighted by Gasteiger charge is 2.46. The Hall–Kier alpha value is -4.20. The third-order valence-electron chi connectivity index (χ3n) is 11.0. The number of aryl methyl sites for hydroxylation is 1. The van der Waals surface area contributed by atoms with E-state index in [1.165, 1.54) is 22.9 Å². The van der Waals surface area contributed by atoms with Crippen molar-refractivity contribution in [2.24, 2.45) is 16.9 Å². The fourth-order valence-electron chi connectivity index (χ4n) is 7.88. The Labute approximate surface area is 312 Å². The molecule has 1 spiro atoms. The molecule has 2 aliphatic heterocycles. The van der Waals surface area contributed by atoms with E-state index in [2.05, 4.69) is 29.2 Å². The van der Waals surface area contributed by atoms with Gasteiger partial charge in [-0.15, -0.1) is 0 Å². The van der Waals surface area contributed by atoms with E-state index >= 15 is 0 Å². The molecular formula is C39H43ClN8O3S. The highest BCUT2D eigenvalue weighted by Crippen LogP contribution is 2.51. The Morgan fingerprint density at radius 2 is 1.77 bits per heavy atom. The van der Waals surface area contributed by atoms with Crippen LogP contribution in [0.3, 0.4) is 0 Å². The maximum absolute atomic E-state index is 12.6. The average Bonchev–Trinajstić information content (AvgIpc) is 3.72. The van der Waals surface area contributed by atoms with E-state index in [-0.39, 0.29) is 36.6 Å². The Morgan fingerprint density at radius 1 is 1.02 bits per heavy atom. The van der Waals surface area contributed by atoms with Crippen molar-refractivity contribution in [2.45, 2.75) is 67.6 Å². The van der Waals surface area contributed by atoms with Crippen LogP contribution < -0.4 is 21.1 Å². The molecule has 0 radical (unpaired) electrons. The summed E-state index contributed by atoms with van der Waals surface area (Å²) < 4.78 is 7.68. The number of hydrogen-bond donors (Lipinski definition) is 3. The summed E-state index contributed by atoms with van der Waals surface area (Å²) >= 11 is 8.38. The maximum atomic E-state index is 12.6. The number of fused-ring (bicyclic) bond motifs is 2. The van der Waals surface area contributed by atoms with Crippen molar-refractivity contribution in [1.29, 1.82) is 0 Å². The van der Waals surface area contributed by atoms with E-state index in [9.17, 15) is 9.90 Å². The SMILES string of the molecule is Cc1nc(N2CCC3(CC2)Cc2ccccc2[C@H]3N)c(CO)nc1Sc1ccn2cc(-c3ccc(OCC(=O)N4CCC(N)CC4)cc3)nc2c1Cl. The summed E-state index contributed by atoms with van der Waals surface area (Å²) in [7, 11) is 0. The fourth-order valence-corrected chi connectivity index (χ4v) is 9.07. The van der Waals surface area contributed by atoms with Crippen LogP contribution in [0.1, 0.15) is 54.2 Å². The lowest BCUT2D eigenvalue weighted by Gasteiger charge is -2.43. The first kappa shape index (κ1) is 34.9. The first-order chi connectivity index (χ1) is 25.2. The van der Waals surface area contributed by atoms with E-state index in [4.69, 9.17) is 42.8 Å². The number of benzene rings is 2. The van der Waals surface area contributed by atoms with Gasteiger partial charge in [0, 0.05) is 61.1 Å². The van der Waals surface area contributed by atoms with Gasteiger partial charge in [0.05, 0.1) is 23.0 Å². The predicted molar refractivity (Wildman–Crippen MR) is 203 cm³/mol. The van der Waals surface area contributed by atoms with Crippen molar-refractivity contribution in [3.05, 3.63) is 94.5 Å². The van der Waals surface area contributed by atoms with Crippen LogP contribution in [-0.2, 0) is 17.8 Å². The van der Waals surface area contributed by atoms with E-state index < -0.39 is 0 Å². The van der Waals surface area contributed by atoms with Crippen LogP contribution in [0.25, 0.3) is 16.9 Å². The van der Waals surface area contributed by atoms with Crippen LogP contribution in [0.5, 0.6) is 5.75 Å². The Bertz CT molecular complexity index is 2110. The van der Waals surface area contributed by atoms with Gasteiger partial charge in [0.15, 0.2) is 18.1 Å². The number of nitrogens with zero attached hydrogens (tertiary/aromatic N) is 6. The summed E-state index contributed by atoms with van der Waals surface area (Å²) in [5, 5.41) is 11.6. The number of rotatable bonds is 8. The molecule has 5 heterocycles. The zero-order chi connectivity index (χ0) is 36.0. The molecule has 13 heteroatoms. The van der Waals surface area contributed by atoms with Crippen LogP contribution in [0.15, 0.2) is 76.9 Å². The number of aromatic nitrogens is 4. The second kappa shape index (κ2) is 14.3. The molecule has 5 aromatic rings. The lowest BCUT2D eigenvalue weighted by atomic mass is 9.73. The molecular weight excluding hydrogens is 696 g/mol. The van der Waals surface area contributed by atoms with E-state index in [0.717, 1.165) is 72.9 Å². The van der Waals surface area contributed by atoms with Gasteiger partial charge in [-0.2, -0.15) is 0 Å². The number of hydrogen-bond acceptors (Lipinski definition) is 10. The molecule has 0 saturated carbocycles. The monoisotopic (exact) mass is 738 g/mol. The summed E-state index contributed by atoms with van der Waals surface area (Å²) in [6, 6.07) is 18.2. The molecule has 2 aromatic carbocycles. The number of aliphatic hydroxyl groups excluding tert-OH is 1. The zero-order valence-corrected chi connectivity index (χ0v) is 30.7. The van der Waals surface area contributed by atoms with Crippen molar-refractivity contribution in [3.8, 4) is 17.0 Å². The van der Waals surface area contributed by atoms with Crippen LogP contribution in [0.4, 0.5) is 5.82 Å². The number of imidazole rings is 1. The lowest BCUT2D eigenvalue weighted by Crippen LogP contribution is -2.45. The maximum Gasteiger partial charge on any atom is 0.260 e. The number of pyridine rings is 1. The average molecular weight is 739 g/mol. The highest BCUT2D eigenvalue weighted by molar-refractivity contribution is 7.99. The van der Waals surface area contributed by atoms with Gasteiger partial charge in [0.2, 0.25) is 0 Å². The van der Waals surface area contributed by atoms with Crippen LogP contribution in [0.2, 0.25) is 5.02 Å². The molecule has 8 rings (SSSR count). The Morgan fingerprint density at radius 3 is 2.50 bits per heavy atom. The second-order valence-electron chi connectivity index (χ2n) is 14.2. The van der Waals surface area contributed by atoms with Gasteiger partial charge in [-0.05, 0) is 85.9 Å². The number of likely N-dealkylation sites (tertiary alicyclic amines) is 1. The van der Waals surface area contributed by atoms with Crippen molar-refractivity contribution in [3.63, 3.8) is 0 Å². The molecule has 270 valence electrons. The van der Waals surface area contributed by atoms with Crippen molar-refractivity contribution >= 4 is 40.7 Å². The van der Waals surface area contributed by atoms with Gasteiger partial charge in [0.1, 0.15) is 16.5 Å². The lowest BCUT2D eigenvalue weighted by molar-refractivity contribution is -0.134. The molecule has 1 aliphatic carbocycles.